The highest BCUT2D eigenvalue weighted by Crippen LogP contribution is 2.32. The number of nitrogens with zero attached hydrogens (tertiary/aromatic N) is 1. The molecule has 2 aromatic rings. The highest BCUT2D eigenvalue weighted by molar-refractivity contribution is 9.10. The molecule has 1 fully saturated rings. The van der Waals surface area contributed by atoms with Gasteiger partial charge in [0.05, 0.1) is 6.04 Å². The topological polar surface area (TPSA) is 38.1 Å². The lowest BCUT2D eigenvalue weighted by Crippen LogP contribution is -2.12. The summed E-state index contributed by atoms with van der Waals surface area (Å²) in [5, 5.41) is 3.42. The van der Waals surface area contributed by atoms with E-state index in [1.165, 1.54) is 6.42 Å². The van der Waals surface area contributed by atoms with E-state index in [0.717, 1.165) is 45.6 Å². The van der Waals surface area contributed by atoms with Crippen LogP contribution in [-0.4, -0.2) is 11.5 Å². The van der Waals surface area contributed by atoms with E-state index in [1.807, 2.05) is 0 Å². The van der Waals surface area contributed by atoms with Crippen LogP contribution in [0.1, 0.15) is 35.9 Å². The third-order valence-corrected chi connectivity index (χ3v) is 4.24. The molecule has 1 N–H and O–H groups in total. The second-order valence-electron chi connectivity index (χ2n) is 4.68. The Bertz CT molecular complexity index is 570. The summed E-state index contributed by atoms with van der Waals surface area (Å²) < 4.78 is 7.02. The normalized spacial score (nSPS) is 20.3. The third-order valence-electron chi connectivity index (χ3n) is 3.42. The minimum Gasteiger partial charge on any atom is -0.439 e. The average molecular weight is 295 g/mol. The smallest absolute Gasteiger partial charge is 0.212 e. The average Bonchev–Trinajstić information content (AvgIpc) is 2.94. The van der Waals surface area contributed by atoms with Gasteiger partial charge in [0.25, 0.3) is 0 Å². The van der Waals surface area contributed by atoms with E-state index in [2.05, 4.69) is 46.1 Å². The first kappa shape index (κ1) is 11.2. The Labute approximate surface area is 109 Å². The number of hydrogen-bond acceptors (Lipinski definition) is 3. The predicted octanol–water partition coefficient (Wildman–Crippen LogP) is 3.63. The minimum atomic E-state index is 0.292. The molecule has 2 heterocycles. The Balaban J connectivity index is 2.17. The minimum absolute atomic E-state index is 0.292. The molecule has 17 heavy (non-hydrogen) atoms. The molecule has 1 aromatic carbocycles. The van der Waals surface area contributed by atoms with Crippen molar-refractivity contribution in [3.8, 4) is 0 Å². The van der Waals surface area contributed by atoms with Gasteiger partial charge >= 0.3 is 0 Å². The maximum atomic E-state index is 5.92. The van der Waals surface area contributed by atoms with Gasteiger partial charge in [-0.2, -0.15) is 0 Å². The first-order valence-corrected chi connectivity index (χ1v) is 6.75. The summed E-state index contributed by atoms with van der Waals surface area (Å²) in [6.45, 7) is 5.19. The zero-order valence-electron chi connectivity index (χ0n) is 10.0. The fraction of sp³-hybridized carbons (Fsp3) is 0.462. The van der Waals surface area contributed by atoms with Crippen molar-refractivity contribution in [2.75, 3.05) is 6.54 Å². The van der Waals surface area contributed by atoms with Crippen molar-refractivity contribution in [3.05, 3.63) is 27.6 Å². The van der Waals surface area contributed by atoms with Crippen LogP contribution >= 0.6 is 15.9 Å². The molecule has 3 nitrogen and oxygen atoms in total. The maximum absolute atomic E-state index is 5.92. The lowest BCUT2D eigenvalue weighted by molar-refractivity contribution is 0.451. The van der Waals surface area contributed by atoms with Crippen LogP contribution in [0.15, 0.2) is 15.0 Å². The molecule has 1 aromatic heterocycles. The van der Waals surface area contributed by atoms with Gasteiger partial charge in [-0.05, 0) is 50.4 Å². The van der Waals surface area contributed by atoms with Crippen LogP contribution in [0.25, 0.3) is 11.1 Å². The van der Waals surface area contributed by atoms with Gasteiger partial charge in [0, 0.05) is 4.47 Å². The number of halogens is 1. The van der Waals surface area contributed by atoms with Crippen molar-refractivity contribution in [1.29, 1.82) is 0 Å². The number of hydrogen-bond donors (Lipinski definition) is 1. The summed E-state index contributed by atoms with van der Waals surface area (Å²) >= 11 is 3.56. The Morgan fingerprint density at radius 1 is 1.47 bits per heavy atom. The molecule has 0 bridgehead atoms. The Morgan fingerprint density at radius 2 is 2.29 bits per heavy atom. The third kappa shape index (κ3) is 1.79. The van der Waals surface area contributed by atoms with Crippen LogP contribution < -0.4 is 5.32 Å². The van der Waals surface area contributed by atoms with Gasteiger partial charge in [0.2, 0.25) is 5.89 Å². The monoisotopic (exact) mass is 294 g/mol. The number of oxazole rings is 1. The van der Waals surface area contributed by atoms with E-state index >= 15 is 0 Å². The zero-order valence-corrected chi connectivity index (χ0v) is 11.6. The number of fused-ring (bicyclic) bond motifs is 1. The molecule has 1 saturated heterocycles. The molecule has 1 atom stereocenters. The van der Waals surface area contributed by atoms with Gasteiger partial charge in [-0.25, -0.2) is 4.98 Å². The highest BCUT2D eigenvalue weighted by Gasteiger charge is 2.23. The van der Waals surface area contributed by atoms with Crippen LogP contribution in [0.3, 0.4) is 0 Å². The van der Waals surface area contributed by atoms with Crippen LogP contribution in [0.4, 0.5) is 0 Å². The quantitative estimate of drug-likeness (QED) is 0.873. The van der Waals surface area contributed by atoms with Gasteiger partial charge in [-0.15, -0.1) is 0 Å². The lowest BCUT2D eigenvalue weighted by atomic mass is 10.1. The summed E-state index contributed by atoms with van der Waals surface area (Å²) in [7, 11) is 0. The zero-order chi connectivity index (χ0) is 12.0. The molecule has 1 unspecified atom stereocenters. The molecule has 4 heteroatoms. The van der Waals surface area contributed by atoms with Crippen molar-refractivity contribution in [3.63, 3.8) is 0 Å². The van der Waals surface area contributed by atoms with E-state index < -0.39 is 0 Å². The fourth-order valence-corrected chi connectivity index (χ4v) is 2.91. The van der Waals surface area contributed by atoms with E-state index in [-0.39, 0.29) is 0 Å². The number of nitrogens with one attached hydrogen (secondary N) is 1. The number of benzene rings is 1. The predicted molar refractivity (Wildman–Crippen MR) is 71.2 cm³/mol. The van der Waals surface area contributed by atoms with Crippen LogP contribution in [0, 0.1) is 13.8 Å². The second-order valence-corrected chi connectivity index (χ2v) is 5.53. The Morgan fingerprint density at radius 3 is 3.00 bits per heavy atom. The van der Waals surface area contributed by atoms with Crippen molar-refractivity contribution in [2.45, 2.75) is 32.7 Å². The standard InChI is InChI=1S/C13H15BrN2O/c1-7-6-9(14)8(2)11-12(7)17-13(16-11)10-4-3-5-15-10/h6,10,15H,3-5H2,1-2H3. The van der Waals surface area contributed by atoms with Crippen LogP contribution in [-0.2, 0) is 0 Å². The molecule has 90 valence electrons. The number of rotatable bonds is 1. The summed E-state index contributed by atoms with van der Waals surface area (Å²) in [6, 6.07) is 2.38. The van der Waals surface area contributed by atoms with Gasteiger partial charge in [-0.1, -0.05) is 15.9 Å². The molecular weight excluding hydrogens is 280 g/mol. The van der Waals surface area contributed by atoms with Crippen LogP contribution in [0.2, 0.25) is 0 Å². The van der Waals surface area contributed by atoms with E-state index in [0.29, 0.717) is 6.04 Å². The molecule has 0 aliphatic carbocycles. The van der Waals surface area contributed by atoms with Gasteiger partial charge < -0.3 is 9.73 Å². The summed E-state index contributed by atoms with van der Waals surface area (Å²) in [5.41, 5.74) is 4.20. The van der Waals surface area contributed by atoms with Crippen molar-refractivity contribution >= 4 is 27.0 Å². The molecule has 1 aliphatic rings. The van der Waals surface area contributed by atoms with Crippen molar-refractivity contribution in [1.82, 2.24) is 10.3 Å². The number of aromatic nitrogens is 1. The van der Waals surface area contributed by atoms with E-state index in [1.54, 1.807) is 0 Å². The van der Waals surface area contributed by atoms with Crippen LogP contribution in [0.5, 0.6) is 0 Å². The molecular formula is C13H15BrN2O. The first-order valence-electron chi connectivity index (χ1n) is 5.96. The molecule has 3 rings (SSSR count). The number of aryl methyl sites for hydroxylation is 2. The SMILES string of the molecule is Cc1c(Br)cc(C)c2oc(C3CCCN3)nc12. The lowest BCUT2D eigenvalue weighted by Gasteiger charge is -2.02. The highest BCUT2D eigenvalue weighted by atomic mass is 79.9. The van der Waals surface area contributed by atoms with E-state index in [9.17, 15) is 0 Å². The Kier molecular flexibility index (Phi) is 2.71. The summed E-state index contributed by atoms with van der Waals surface area (Å²) in [6.07, 6.45) is 2.32. The summed E-state index contributed by atoms with van der Waals surface area (Å²) in [4.78, 5) is 4.66. The van der Waals surface area contributed by atoms with E-state index in [4.69, 9.17) is 4.42 Å². The van der Waals surface area contributed by atoms with Gasteiger partial charge in [0.1, 0.15) is 5.52 Å². The molecule has 0 radical (unpaired) electrons. The largest absolute Gasteiger partial charge is 0.439 e. The fourth-order valence-electron chi connectivity index (χ4n) is 2.38. The first-order chi connectivity index (χ1) is 8.16. The Hall–Kier alpha value is -0.870. The second kappa shape index (κ2) is 4.10. The molecule has 0 saturated carbocycles. The molecule has 0 amide bonds. The maximum Gasteiger partial charge on any atom is 0.212 e. The summed E-state index contributed by atoms with van der Waals surface area (Å²) in [5.74, 6) is 0.835. The van der Waals surface area contributed by atoms with Gasteiger partial charge in [-0.3, -0.25) is 0 Å². The van der Waals surface area contributed by atoms with Gasteiger partial charge in [0.15, 0.2) is 5.58 Å². The van der Waals surface area contributed by atoms with Crippen molar-refractivity contribution in [2.24, 2.45) is 0 Å². The molecule has 1 aliphatic heterocycles. The van der Waals surface area contributed by atoms with Crippen molar-refractivity contribution < 1.29 is 4.42 Å². The molecule has 0 spiro atoms.